The molecular formula is C23H22N2O6. The molecule has 0 aliphatic carbocycles. The van der Waals surface area contributed by atoms with Gasteiger partial charge in [-0.25, -0.2) is 4.98 Å². The van der Waals surface area contributed by atoms with Gasteiger partial charge in [0.2, 0.25) is 11.6 Å². The molecule has 160 valence electrons. The number of amides is 1. The molecule has 1 aromatic heterocycles. The zero-order chi connectivity index (χ0) is 21.6. The van der Waals surface area contributed by atoms with Crippen LogP contribution in [0.5, 0.6) is 34.6 Å². The summed E-state index contributed by atoms with van der Waals surface area (Å²) >= 11 is 0. The van der Waals surface area contributed by atoms with Gasteiger partial charge in [-0.15, -0.1) is 0 Å². The normalized spacial score (nSPS) is 12.1. The van der Waals surface area contributed by atoms with Crippen molar-refractivity contribution in [1.82, 2.24) is 10.3 Å². The predicted molar refractivity (Wildman–Crippen MR) is 112 cm³/mol. The van der Waals surface area contributed by atoms with E-state index in [1.165, 1.54) is 7.11 Å². The number of fused-ring (bicyclic) bond motifs is 1. The van der Waals surface area contributed by atoms with Crippen molar-refractivity contribution in [3.63, 3.8) is 0 Å². The minimum Gasteiger partial charge on any atom is -0.497 e. The Morgan fingerprint density at radius 3 is 2.65 bits per heavy atom. The zero-order valence-electron chi connectivity index (χ0n) is 17.2. The topological polar surface area (TPSA) is 88.1 Å². The van der Waals surface area contributed by atoms with Gasteiger partial charge in [-0.2, -0.15) is 0 Å². The lowest BCUT2D eigenvalue weighted by molar-refractivity contribution is 0.0949. The van der Waals surface area contributed by atoms with Gasteiger partial charge in [0.05, 0.1) is 14.2 Å². The summed E-state index contributed by atoms with van der Waals surface area (Å²) in [5.41, 5.74) is 1.25. The van der Waals surface area contributed by atoms with Crippen LogP contribution in [0.1, 0.15) is 15.9 Å². The second-order valence-electron chi connectivity index (χ2n) is 6.67. The summed E-state index contributed by atoms with van der Waals surface area (Å²) in [6.07, 6.45) is 1.65. The molecule has 0 unspecified atom stereocenters. The summed E-state index contributed by atoms with van der Waals surface area (Å²) in [5.74, 6) is 2.99. The lowest BCUT2D eigenvalue weighted by Gasteiger charge is -2.21. The molecule has 0 saturated carbocycles. The fraction of sp³-hybridized carbons (Fsp3) is 0.217. The summed E-state index contributed by atoms with van der Waals surface area (Å²) in [4.78, 5) is 16.9. The maximum atomic E-state index is 12.6. The summed E-state index contributed by atoms with van der Waals surface area (Å²) in [5, 5.41) is 2.87. The highest BCUT2D eigenvalue weighted by molar-refractivity contribution is 5.95. The average Bonchev–Trinajstić information content (AvgIpc) is 2.82. The Bertz CT molecular complexity index is 1050. The van der Waals surface area contributed by atoms with Crippen molar-refractivity contribution in [2.24, 2.45) is 0 Å². The Hall–Kier alpha value is -3.94. The third kappa shape index (κ3) is 4.80. The highest BCUT2D eigenvalue weighted by atomic mass is 16.6. The van der Waals surface area contributed by atoms with Crippen LogP contribution in [0.15, 0.2) is 54.7 Å². The van der Waals surface area contributed by atoms with E-state index in [1.807, 2.05) is 24.3 Å². The number of carbonyl (C=O) groups is 1. The Morgan fingerprint density at radius 1 is 1.03 bits per heavy atom. The van der Waals surface area contributed by atoms with Crippen LogP contribution >= 0.6 is 0 Å². The highest BCUT2D eigenvalue weighted by Gasteiger charge is 2.20. The molecule has 8 nitrogen and oxygen atoms in total. The molecule has 3 aromatic rings. The number of hydrogen-bond acceptors (Lipinski definition) is 7. The van der Waals surface area contributed by atoms with Crippen LogP contribution < -0.4 is 29.0 Å². The standard InChI is InChI=1S/C23H22N2O6/c1-27-17-4-3-5-18(12-17)31-21-7-6-15(13-24-21)14-25-23(26)16-10-19(28-2)22-20(11-16)29-8-9-30-22/h3-7,10-13H,8-9,14H2,1-2H3,(H,25,26). The number of methoxy groups -OCH3 is 2. The first-order valence-corrected chi connectivity index (χ1v) is 9.69. The highest BCUT2D eigenvalue weighted by Crippen LogP contribution is 2.40. The number of rotatable bonds is 7. The van der Waals surface area contributed by atoms with Gasteiger partial charge in [0.25, 0.3) is 5.91 Å². The van der Waals surface area contributed by atoms with Crippen LogP contribution in [0.25, 0.3) is 0 Å². The number of nitrogens with one attached hydrogen (secondary N) is 1. The number of nitrogens with zero attached hydrogens (tertiary/aromatic N) is 1. The second-order valence-corrected chi connectivity index (χ2v) is 6.67. The molecule has 2 aromatic carbocycles. The van der Waals surface area contributed by atoms with Crippen LogP contribution in [-0.2, 0) is 6.54 Å². The van der Waals surface area contributed by atoms with Gasteiger partial charge < -0.3 is 29.0 Å². The van der Waals surface area contributed by atoms with Gasteiger partial charge in [-0.1, -0.05) is 12.1 Å². The van der Waals surface area contributed by atoms with E-state index in [1.54, 1.807) is 37.6 Å². The predicted octanol–water partition coefficient (Wildman–Crippen LogP) is 3.59. The van der Waals surface area contributed by atoms with E-state index in [0.29, 0.717) is 59.9 Å². The van der Waals surface area contributed by atoms with E-state index in [0.717, 1.165) is 5.56 Å². The van der Waals surface area contributed by atoms with Gasteiger partial charge in [0.15, 0.2) is 11.5 Å². The molecule has 4 rings (SSSR count). The molecule has 31 heavy (non-hydrogen) atoms. The van der Waals surface area contributed by atoms with Crippen LogP contribution in [0, 0.1) is 0 Å². The molecule has 0 fully saturated rings. The number of pyridine rings is 1. The first-order valence-electron chi connectivity index (χ1n) is 9.69. The van der Waals surface area contributed by atoms with Crippen molar-refractivity contribution in [3.8, 4) is 34.6 Å². The van der Waals surface area contributed by atoms with Crippen molar-refractivity contribution in [2.75, 3.05) is 27.4 Å². The van der Waals surface area contributed by atoms with E-state index in [2.05, 4.69) is 10.3 Å². The largest absolute Gasteiger partial charge is 0.497 e. The van der Waals surface area contributed by atoms with Crippen LogP contribution in [0.3, 0.4) is 0 Å². The van der Waals surface area contributed by atoms with Gasteiger partial charge in [-0.3, -0.25) is 4.79 Å². The smallest absolute Gasteiger partial charge is 0.251 e. The van der Waals surface area contributed by atoms with Crippen LogP contribution in [0.2, 0.25) is 0 Å². The number of carbonyl (C=O) groups excluding carboxylic acids is 1. The molecule has 8 heteroatoms. The molecule has 0 bridgehead atoms. The minimum atomic E-state index is -0.257. The number of ether oxygens (including phenoxy) is 5. The Labute approximate surface area is 179 Å². The van der Waals surface area contributed by atoms with Gasteiger partial charge >= 0.3 is 0 Å². The van der Waals surface area contributed by atoms with Crippen molar-refractivity contribution in [2.45, 2.75) is 6.54 Å². The Kier molecular flexibility index (Phi) is 6.07. The summed E-state index contributed by atoms with van der Waals surface area (Å²) in [7, 11) is 3.12. The third-order valence-corrected chi connectivity index (χ3v) is 4.60. The SMILES string of the molecule is COc1cccc(Oc2ccc(CNC(=O)c3cc(OC)c4c(c3)OCCO4)cn2)c1. The van der Waals surface area contributed by atoms with Crippen molar-refractivity contribution < 1.29 is 28.5 Å². The maximum absolute atomic E-state index is 12.6. The molecule has 1 aliphatic rings. The molecule has 1 N–H and O–H groups in total. The molecule has 0 saturated heterocycles. The monoisotopic (exact) mass is 422 g/mol. The molecule has 1 amide bonds. The molecule has 0 radical (unpaired) electrons. The molecule has 0 spiro atoms. The first-order chi connectivity index (χ1) is 15.2. The van der Waals surface area contributed by atoms with Gasteiger partial charge in [0.1, 0.15) is 24.7 Å². The number of hydrogen-bond donors (Lipinski definition) is 1. The van der Waals surface area contributed by atoms with Crippen LogP contribution in [0.4, 0.5) is 0 Å². The van der Waals surface area contributed by atoms with Gasteiger partial charge in [0, 0.05) is 30.4 Å². The van der Waals surface area contributed by atoms with E-state index in [4.69, 9.17) is 23.7 Å². The molecule has 1 aliphatic heterocycles. The van der Waals surface area contributed by atoms with E-state index in [9.17, 15) is 4.79 Å². The first kappa shape index (κ1) is 20.3. The zero-order valence-corrected chi connectivity index (χ0v) is 17.2. The van der Waals surface area contributed by atoms with E-state index >= 15 is 0 Å². The molecular weight excluding hydrogens is 400 g/mol. The molecule has 0 atom stereocenters. The van der Waals surface area contributed by atoms with Gasteiger partial charge in [-0.05, 0) is 29.8 Å². The minimum absolute atomic E-state index is 0.257. The van der Waals surface area contributed by atoms with E-state index < -0.39 is 0 Å². The fourth-order valence-corrected chi connectivity index (χ4v) is 3.05. The second kappa shape index (κ2) is 9.25. The summed E-state index contributed by atoms with van der Waals surface area (Å²) in [6.45, 7) is 1.18. The number of aromatic nitrogens is 1. The number of benzene rings is 2. The maximum Gasteiger partial charge on any atom is 0.251 e. The lowest BCUT2D eigenvalue weighted by atomic mass is 10.1. The van der Waals surface area contributed by atoms with E-state index in [-0.39, 0.29) is 5.91 Å². The summed E-state index contributed by atoms with van der Waals surface area (Å²) in [6, 6.07) is 14.1. The lowest BCUT2D eigenvalue weighted by Crippen LogP contribution is -2.23. The van der Waals surface area contributed by atoms with Crippen molar-refractivity contribution in [1.29, 1.82) is 0 Å². The summed E-state index contributed by atoms with van der Waals surface area (Å²) < 4.78 is 27.4. The van der Waals surface area contributed by atoms with Crippen molar-refractivity contribution >= 4 is 5.91 Å². The van der Waals surface area contributed by atoms with Crippen LogP contribution in [-0.4, -0.2) is 38.3 Å². The Balaban J connectivity index is 1.38. The average molecular weight is 422 g/mol. The quantitative estimate of drug-likeness (QED) is 0.622. The Morgan fingerprint density at radius 2 is 1.87 bits per heavy atom. The molecule has 2 heterocycles. The van der Waals surface area contributed by atoms with Crippen molar-refractivity contribution in [3.05, 3.63) is 65.9 Å². The third-order valence-electron chi connectivity index (χ3n) is 4.60. The fourth-order valence-electron chi connectivity index (χ4n) is 3.05.